The van der Waals surface area contributed by atoms with Gasteiger partial charge >= 0.3 is 0 Å². The van der Waals surface area contributed by atoms with Crippen LogP contribution in [0, 0.1) is 0 Å². The van der Waals surface area contributed by atoms with Crippen LogP contribution in [0.5, 0.6) is 5.75 Å². The second kappa shape index (κ2) is 7.97. The minimum Gasteiger partial charge on any atom is -0.480 e. The number of halogens is 2. The van der Waals surface area contributed by atoms with Crippen molar-refractivity contribution in [2.45, 2.75) is 32.8 Å². The van der Waals surface area contributed by atoms with E-state index in [2.05, 4.69) is 51.0 Å². The molecule has 2 aromatic carbocycles. The largest absolute Gasteiger partial charge is 0.480 e. The lowest BCUT2D eigenvalue weighted by molar-refractivity contribution is -0.122. The van der Waals surface area contributed by atoms with Gasteiger partial charge in [0.1, 0.15) is 5.75 Å². The maximum absolute atomic E-state index is 12.4. The fourth-order valence-corrected chi connectivity index (χ4v) is 3.30. The predicted octanol–water partition coefficient (Wildman–Crippen LogP) is 5.74. The summed E-state index contributed by atoms with van der Waals surface area (Å²) in [7, 11) is 0. The fourth-order valence-electron chi connectivity index (χ4n) is 2.16. The third-order valence-corrected chi connectivity index (χ3v) is 4.52. The zero-order valence-electron chi connectivity index (χ0n) is 13.3. The summed E-state index contributed by atoms with van der Waals surface area (Å²) in [5.41, 5.74) is 1.94. The molecule has 0 saturated carbocycles. The predicted molar refractivity (Wildman–Crippen MR) is 101 cm³/mol. The number of anilines is 1. The van der Waals surface area contributed by atoms with E-state index in [1.165, 1.54) is 0 Å². The lowest BCUT2D eigenvalue weighted by atomic mass is 10.0. The highest BCUT2D eigenvalue weighted by molar-refractivity contribution is 9.11. The molecule has 0 aliphatic carbocycles. The van der Waals surface area contributed by atoms with Crippen LogP contribution in [0.4, 0.5) is 5.69 Å². The van der Waals surface area contributed by atoms with Gasteiger partial charge in [-0.1, -0.05) is 48.0 Å². The standard InChI is InChI=1S/C18H19Br2NO2/c1-11(2)14-6-4-5-7-16(14)21-18(22)12(3)23-17-9-8-13(19)10-15(17)20/h4-12H,1-3H3,(H,21,22). The average Bonchev–Trinajstić information content (AvgIpc) is 2.50. The van der Waals surface area contributed by atoms with Crippen LogP contribution in [-0.2, 0) is 4.79 Å². The van der Waals surface area contributed by atoms with Gasteiger partial charge in [-0.25, -0.2) is 0 Å². The number of carbonyl (C=O) groups excluding carboxylic acids is 1. The zero-order chi connectivity index (χ0) is 17.0. The van der Waals surface area contributed by atoms with Gasteiger partial charge in [-0.2, -0.15) is 0 Å². The Morgan fingerprint density at radius 1 is 1.09 bits per heavy atom. The molecule has 1 unspecified atom stereocenters. The molecule has 0 bridgehead atoms. The lowest BCUT2D eigenvalue weighted by Gasteiger charge is -2.18. The molecule has 0 radical (unpaired) electrons. The van der Waals surface area contributed by atoms with Crippen LogP contribution in [0.25, 0.3) is 0 Å². The Morgan fingerprint density at radius 3 is 2.43 bits per heavy atom. The quantitative estimate of drug-likeness (QED) is 0.643. The minimum atomic E-state index is -0.604. The number of ether oxygens (including phenoxy) is 1. The van der Waals surface area contributed by atoms with E-state index < -0.39 is 6.10 Å². The summed E-state index contributed by atoms with van der Waals surface area (Å²) >= 11 is 6.83. The van der Waals surface area contributed by atoms with Gasteiger partial charge in [-0.05, 0) is 58.6 Å². The van der Waals surface area contributed by atoms with E-state index in [9.17, 15) is 4.79 Å². The summed E-state index contributed by atoms with van der Waals surface area (Å²) in [6.07, 6.45) is -0.604. The lowest BCUT2D eigenvalue weighted by Crippen LogP contribution is -2.30. The molecule has 5 heteroatoms. The Kier molecular flexibility index (Phi) is 6.25. The molecule has 0 fully saturated rings. The van der Waals surface area contributed by atoms with Gasteiger partial charge in [-0.15, -0.1) is 0 Å². The van der Waals surface area contributed by atoms with E-state index in [1.807, 2.05) is 42.5 Å². The Labute approximate surface area is 153 Å². The SMILES string of the molecule is CC(Oc1ccc(Br)cc1Br)C(=O)Nc1ccccc1C(C)C. The number of benzene rings is 2. The Balaban J connectivity index is 2.09. The molecule has 0 aliphatic rings. The summed E-state index contributed by atoms with van der Waals surface area (Å²) in [6.45, 7) is 5.94. The van der Waals surface area contributed by atoms with E-state index in [0.29, 0.717) is 11.7 Å². The van der Waals surface area contributed by atoms with Gasteiger partial charge in [0.15, 0.2) is 6.10 Å². The van der Waals surface area contributed by atoms with Crippen LogP contribution in [0.1, 0.15) is 32.3 Å². The second-order valence-electron chi connectivity index (χ2n) is 5.57. The molecule has 2 rings (SSSR count). The number of carbonyl (C=O) groups is 1. The van der Waals surface area contributed by atoms with Crippen molar-refractivity contribution in [2.75, 3.05) is 5.32 Å². The number of nitrogens with one attached hydrogen (secondary N) is 1. The molecule has 0 aliphatic heterocycles. The first-order chi connectivity index (χ1) is 10.9. The zero-order valence-corrected chi connectivity index (χ0v) is 16.4. The number of amides is 1. The molecular formula is C18H19Br2NO2. The summed E-state index contributed by atoms with van der Waals surface area (Å²) in [5.74, 6) is 0.796. The molecule has 2 aromatic rings. The highest BCUT2D eigenvalue weighted by Crippen LogP contribution is 2.29. The maximum atomic E-state index is 12.4. The van der Waals surface area contributed by atoms with Crippen molar-refractivity contribution >= 4 is 43.5 Å². The normalized spacial score (nSPS) is 12.1. The molecule has 0 aromatic heterocycles. The van der Waals surface area contributed by atoms with Crippen LogP contribution in [0.2, 0.25) is 0 Å². The number of hydrogen-bond acceptors (Lipinski definition) is 2. The molecule has 0 saturated heterocycles. The van der Waals surface area contributed by atoms with Crippen molar-refractivity contribution in [3.63, 3.8) is 0 Å². The van der Waals surface area contributed by atoms with E-state index in [1.54, 1.807) is 6.92 Å². The van der Waals surface area contributed by atoms with Crippen LogP contribution < -0.4 is 10.1 Å². The van der Waals surface area contributed by atoms with Gasteiger partial charge < -0.3 is 10.1 Å². The van der Waals surface area contributed by atoms with Crippen molar-refractivity contribution in [1.29, 1.82) is 0 Å². The van der Waals surface area contributed by atoms with Crippen LogP contribution in [0.3, 0.4) is 0 Å². The molecule has 3 nitrogen and oxygen atoms in total. The molecule has 1 atom stereocenters. The Bertz CT molecular complexity index is 701. The van der Waals surface area contributed by atoms with Gasteiger partial charge in [0, 0.05) is 10.2 Å². The van der Waals surface area contributed by atoms with E-state index >= 15 is 0 Å². The molecule has 1 N–H and O–H groups in total. The molecule has 1 amide bonds. The minimum absolute atomic E-state index is 0.173. The maximum Gasteiger partial charge on any atom is 0.265 e. The molecule has 23 heavy (non-hydrogen) atoms. The Morgan fingerprint density at radius 2 is 1.78 bits per heavy atom. The van der Waals surface area contributed by atoms with Crippen molar-refractivity contribution in [3.8, 4) is 5.75 Å². The molecular weight excluding hydrogens is 422 g/mol. The number of para-hydroxylation sites is 1. The summed E-state index contributed by atoms with van der Waals surface area (Å²) < 4.78 is 7.50. The topological polar surface area (TPSA) is 38.3 Å². The van der Waals surface area contributed by atoms with E-state index in [0.717, 1.165) is 20.2 Å². The monoisotopic (exact) mass is 439 g/mol. The third kappa shape index (κ3) is 4.82. The van der Waals surface area contributed by atoms with Gasteiger partial charge in [0.2, 0.25) is 0 Å². The summed E-state index contributed by atoms with van der Waals surface area (Å²) in [4.78, 5) is 12.4. The first-order valence-corrected chi connectivity index (χ1v) is 8.98. The van der Waals surface area contributed by atoms with Gasteiger partial charge in [0.05, 0.1) is 4.47 Å². The molecule has 0 spiro atoms. The second-order valence-corrected chi connectivity index (χ2v) is 7.34. The van der Waals surface area contributed by atoms with Crippen molar-refractivity contribution in [3.05, 3.63) is 57.0 Å². The smallest absolute Gasteiger partial charge is 0.265 e. The van der Waals surface area contributed by atoms with E-state index in [4.69, 9.17) is 4.74 Å². The van der Waals surface area contributed by atoms with Crippen LogP contribution in [0.15, 0.2) is 51.4 Å². The van der Waals surface area contributed by atoms with Crippen molar-refractivity contribution in [1.82, 2.24) is 0 Å². The fraction of sp³-hybridized carbons (Fsp3) is 0.278. The van der Waals surface area contributed by atoms with Gasteiger partial charge in [-0.3, -0.25) is 4.79 Å². The highest BCUT2D eigenvalue weighted by Gasteiger charge is 2.18. The molecule has 122 valence electrons. The Hall–Kier alpha value is -1.33. The van der Waals surface area contributed by atoms with Crippen LogP contribution in [-0.4, -0.2) is 12.0 Å². The van der Waals surface area contributed by atoms with E-state index in [-0.39, 0.29) is 5.91 Å². The van der Waals surface area contributed by atoms with Gasteiger partial charge in [0.25, 0.3) is 5.91 Å². The van der Waals surface area contributed by atoms with Crippen LogP contribution >= 0.6 is 31.9 Å². The third-order valence-electron chi connectivity index (χ3n) is 3.41. The first-order valence-electron chi connectivity index (χ1n) is 7.40. The summed E-state index contributed by atoms with van der Waals surface area (Å²) in [5, 5.41) is 2.95. The summed E-state index contributed by atoms with van der Waals surface area (Å²) in [6, 6.07) is 13.4. The first kappa shape index (κ1) is 18.0. The number of rotatable bonds is 5. The molecule has 0 heterocycles. The van der Waals surface area contributed by atoms with Crippen molar-refractivity contribution < 1.29 is 9.53 Å². The number of hydrogen-bond donors (Lipinski definition) is 1. The van der Waals surface area contributed by atoms with Crippen molar-refractivity contribution in [2.24, 2.45) is 0 Å². The average molecular weight is 441 g/mol. The highest BCUT2D eigenvalue weighted by atomic mass is 79.9.